The first-order chi connectivity index (χ1) is 6.16. The summed E-state index contributed by atoms with van der Waals surface area (Å²) in [7, 11) is 1.57. The number of carboxylic acid groups (broad SMARTS) is 1. The van der Waals surface area contributed by atoms with Gasteiger partial charge in [0.1, 0.15) is 0 Å². The molecule has 13 heavy (non-hydrogen) atoms. The molecule has 1 saturated heterocycles. The highest BCUT2D eigenvalue weighted by Gasteiger charge is 2.32. The highest BCUT2D eigenvalue weighted by atomic mass is 16.5. The van der Waals surface area contributed by atoms with Crippen LogP contribution < -0.4 is 5.32 Å². The van der Waals surface area contributed by atoms with Crippen LogP contribution in [0.2, 0.25) is 0 Å². The third-order valence-electron chi connectivity index (χ3n) is 2.65. The van der Waals surface area contributed by atoms with Crippen molar-refractivity contribution < 1.29 is 14.6 Å². The van der Waals surface area contributed by atoms with E-state index in [-0.39, 0.29) is 12.1 Å². The summed E-state index contributed by atoms with van der Waals surface area (Å²) in [5.74, 6) is -1.24. The summed E-state index contributed by atoms with van der Waals surface area (Å²) in [4.78, 5) is 10.7. The van der Waals surface area contributed by atoms with Crippen LogP contribution in [0.5, 0.6) is 0 Å². The minimum Gasteiger partial charge on any atom is -0.481 e. The van der Waals surface area contributed by atoms with Gasteiger partial charge in [-0.2, -0.15) is 0 Å². The van der Waals surface area contributed by atoms with Crippen molar-refractivity contribution in [2.75, 3.05) is 13.7 Å². The number of carboxylic acids is 1. The van der Waals surface area contributed by atoms with E-state index in [1.165, 1.54) is 0 Å². The van der Waals surface area contributed by atoms with Gasteiger partial charge < -0.3 is 15.2 Å². The summed E-state index contributed by atoms with van der Waals surface area (Å²) < 4.78 is 5.21. The highest BCUT2D eigenvalue weighted by Crippen LogP contribution is 2.18. The van der Waals surface area contributed by atoms with Gasteiger partial charge in [0.2, 0.25) is 0 Å². The highest BCUT2D eigenvalue weighted by molar-refractivity contribution is 5.70. The topological polar surface area (TPSA) is 58.6 Å². The molecule has 0 aromatic rings. The maximum absolute atomic E-state index is 10.7. The Morgan fingerprint density at radius 3 is 2.77 bits per heavy atom. The van der Waals surface area contributed by atoms with Crippen LogP contribution in [-0.4, -0.2) is 36.9 Å². The molecule has 2 N–H and O–H groups in total. The Morgan fingerprint density at radius 1 is 1.69 bits per heavy atom. The average molecular weight is 187 g/mol. The molecule has 1 aliphatic heterocycles. The van der Waals surface area contributed by atoms with E-state index in [0.717, 1.165) is 19.4 Å². The largest absolute Gasteiger partial charge is 0.481 e. The molecular formula is C9H17NO3. The Labute approximate surface area is 78.3 Å². The number of hydrogen-bond donors (Lipinski definition) is 2. The SMILES string of the molecule is COC(C1CCCN1)C(C)C(=O)O. The number of nitrogens with one attached hydrogen (secondary N) is 1. The molecule has 3 atom stereocenters. The molecule has 76 valence electrons. The maximum atomic E-state index is 10.7. The van der Waals surface area contributed by atoms with Crippen molar-refractivity contribution in [3.8, 4) is 0 Å². The van der Waals surface area contributed by atoms with Crippen molar-refractivity contribution in [1.82, 2.24) is 5.32 Å². The van der Waals surface area contributed by atoms with Gasteiger partial charge in [-0.1, -0.05) is 0 Å². The Kier molecular flexibility index (Phi) is 3.69. The van der Waals surface area contributed by atoms with E-state index >= 15 is 0 Å². The third kappa shape index (κ3) is 2.42. The van der Waals surface area contributed by atoms with Gasteiger partial charge >= 0.3 is 5.97 Å². The predicted octanol–water partition coefficient (Wildman–Crippen LogP) is 0.474. The van der Waals surface area contributed by atoms with Crippen LogP contribution in [0.3, 0.4) is 0 Å². The third-order valence-corrected chi connectivity index (χ3v) is 2.65. The Balaban J connectivity index is 2.54. The quantitative estimate of drug-likeness (QED) is 0.672. The van der Waals surface area contributed by atoms with Gasteiger partial charge in [0.05, 0.1) is 12.0 Å². The van der Waals surface area contributed by atoms with Crippen molar-refractivity contribution in [2.24, 2.45) is 5.92 Å². The first kappa shape index (κ1) is 10.5. The average Bonchev–Trinajstić information content (AvgIpc) is 2.58. The first-order valence-corrected chi connectivity index (χ1v) is 4.65. The normalized spacial score (nSPS) is 27.1. The second-order valence-corrected chi connectivity index (χ2v) is 3.53. The monoisotopic (exact) mass is 187 g/mol. The van der Waals surface area contributed by atoms with Crippen LogP contribution in [0.15, 0.2) is 0 Å². The molecule has 0 spiro atoms. The Hall–Kier alpha value is -0.610. The lowest BCUT2D eigenvalue weighted by atomic mass is 9.97. The molecule has 0 saturated carbocycles. The molecule has 0 amide bonds. The van der Waals surface area contributed by atoms with Crippen LogP contribution in [0.4, 0.5) is 0 Å². The lowest BCUT2D eigenvalue weighted by molar-refractivity contribution is -0.146. The second kappa shape index (κ2) is 4.58. The minimum atomic E-state index is -0.791. The van der Waals surface area contributed by atoms with Crippen molar-refractivity contribution in [3.05, 3.63) is 0 Å². The fourth-order valence-electron chi connectivity index (χ4n) is 1.85. The van der Waals surface area contributed by atoms with E-state index in [0.29, 0.717) is 0 Å². The lowest BCUT2D eigenvalue weighted by Crippen LogP contribution is -2.43. The van der Waals surface area contributed by atoms with Gasteiger partial charge in [-0.25, -0.2) is 0 Å². The number of rotatable bonds is 4. The lowest BCUT2D eigenvalue weighted by Gasteiger charge is -2.25. The molecule has 0 aromatic carbocycles. The van der Waals surface area contributed by atoms with Crippen molar-refractivity contribution >= 4 is 5.97 Å². The summed E-state index contributed by atoms with van der Waals surface area (Å²) >= 11 is 0. The van der Waals surface area contributed by atoms with Gasteiger partial charge in [-0.05, 0) is 26.3 Å². The number of aliphatic carboxylic acids is 1. The zero-order valence-corrected chi connectivity index (χ0v) is 8.12. The molecule has 0 aliphatic carbocycles. The van der Waals surface area contributed by atoms with Crippen LogP contribution >= 0.6 is 0 Å². The van der Waals surface area contributed by atoms with E-state index in [1.54, 1.807) is 14.0 Å². The van der Waals surface area contributed by atoms with Crippen molar-refractivity contribution in [3.63, 3.8) is 0 Å². The van der Waals surface area contributed by atoms with Crippen molar-refractivity contribution in [1.29, 1.82) is 0 Å². The van der Waals surface area contributed by atoms with Gasteiger partial charge in [-0.15, -0.1) is 0 Å². The number of carbonyl (C=O) groups is 1. The number of methoxy groups -OCH3 is 1. The molecule has 0 bridgehead atoms. The molecule has 4 nitrogen and oxygen atoms in total. The maximum Gasteiger partial charge on any atom is 0.308 e. The standard InChI is InChI=1S/C9H17NO3/c1-6(9(11)12)8(13-2)7-4-3-5-10-7/h6-8,10H,3-5H2,1-2H3,(H,11,12). The Bertz CT molecular complexity index is 178. The molecule has 1 rings (SSSR count). The molecule has 1 heterocycles. The van der Waals surface area contributed by atoms with Crippen LogP contribution in [0, 0.1) is 5.92 Å². The van der Waals surface area contributed by atoms with E-state index in [1.807, 2.05) is 0 Å². The second-order valence-electron chi connectivity index (χ2n) is 3.53. The molecule has 0 radical (unpaired) electrons. The zero-order chi connectivity index (χ0) is 9.84. The summed E-state index contributed by atoms with van der Waals surface area (Å²) in [5, 5.41) is 12.1. The summed E-state index contributed by atoms with van der Waals surface area (Å²) in [6.45, 7) is 2.66. The molecule has 3 unspecified atom stereocenters. The first-order valence-electron chi connectivity index (χ1n) is 4.65. The van der Waals surface area contributed by atoms with E-state index in [9.17, 15) is 4.79 Å². The Morgan fingerprint density at radius 2 is 2.38 bits per heavy atom. The summed E-state index contributed by atoms with van der Waals surface area (Å²) in [6.07, 6.45) is 1.91. The molecule has 1 aliphatic rings. The number of hydrogen-bond acceptors (Lipinski definition) is 3. The van der Waals surface area contributed by atoms with E-state index in [2.05, 4.69) is 5.32 Å². The van der Waals surface area contributed by atoms with Crippen molar-refractivity contribution in [2.45, 2.75) is 31.9 Å². The molecule has 0 aromatic heterocycles. The van der Waals surface area contributed by atoms with Gasteiger partial charge in [0, 0.05) is 13.2 Å². The smallest absolute Gasteiger partial charge is 0.308 e. The minimum absolute atomic E-state index is 0.205. The number of ether oxygens (including phenoxy) is 1. The fraction of sp³-hybridized carbons (Fsp3) is 0.889. The molecule has 4 heteroatoms. The molecule has 1 fully saturated rings. The summed E-state index contributed by atoms with van der Waals surface area (Å²) in [5.41, 5.74) is 0. The van der Waals surface area contributed by atoms with Crippen LogP contribution in [0.1, 0.15) is 19.8 Å². The van der Waals surface area contributed by atoms with Gasteiger partial charge in [0.25, 0.3) is 0 Å². The van der Waals surface area contributed by atoms with Gasteiger partial charge in [-0.3, -0.25) is 4.79 Å². The van der Waals surface area contributed by atoms with E-state index in [4.69, 9.17) is 9.84 Å². The van der Waals surface area contributed by atoms with Crippen LogP contribution in [-0.2, 0) is 9.53 Å². The van der Waals surface area contributed by atoms with Gasteiger partial charge in [0.15, 0.2) is 0 Å². The van der Waals surface area contributed by atoms with Crippen LogP contribution in [0.25, 0.3) is 0 Å². The predicted molar refractivity (Wildman–Crippen MR) is 48.6 cm³/mol. The molecular weight excluding hydrogens is 170 g/mol. The summed E-state index contributed by atoms with van der Waals surface area (Å²) in [6, 6.07) is 0.205. The fourth-order valence-corrected chi connectivity index (χ4v) is 1.85. The van der Waals surface area contributed by atoms with E-state index < -0.39 is 11.9 Å². The zero-order valence-electron chi connectivity index (χ0n) is 8.12.